The van der Waals surface area contributed by atoms with Crippen LogP contribution in [0.3, 0.4) is 0 Å². The molecule has 2 heterocycles. The van der Waals surface area contributed by atoms with Gasteiger partial charge in [0.2, 0.25) is 5.88 Å². The summed E-state index contributed by atoms with van der Waals surface area (Å²) in [5.74, 6) is 1.35. The molecule has 6 heteroatoms. The molecule has 0 aliphatic rings. The summed E-state index contributed by atoms with van der Waals surface area (Å²) < 4.78 is 5.04. The summed E-state index contributed by atoms with van der Waals surface area (Å²) >= 11 is 0. The molecule has 0 amide bonds. The molecule has 2 rings (SSSR count). The van der Waals surface area contributed by atoms with Crippen LogP contribution in [0.15, 0.2) is 36.9 Å². The van der Waals surface area contributed by atoms with Crippen molar-refractivity contribution in [1.82, 2.24) is 20.3 Å². The first-order valence-corrected chi connectivity index (χ1v) is 6.58. The van der Waals surface area contributed by atoms with Crippen molar-refractivity contribution in [3.63, 3.8) is 0 Å². The van der Waals surface area contributed by atoms with Crippen molar-refractivity contribution in [2.24, 2.45) is 0 Å². The molecule has 0 aliphatic carbocycles. The normalized spacial score (nSPS) is 10.2. The predicted octanol–water partition coefficient (Wildman–Crippen LogP) is 1.47. The van der Waals surface area contributed by atoms with Gasteiger partial charge in [-0.25, -0.2) is 9.97 Å². The number of pyridine rings is 1. The Balaban J connectivity index is 1.59. The molecule has 20 heavy (non-hydrogen) atoms. The van der Waals surface area contributed by atoms with Crippen LogP contribution in [0.4, 0.5) is 5.82 Å². The molecule has 0 unspecified atom stereocenters. The molecule has 0 fully saturated rings. The van der Waals surface area contributed by atoms with Crippen molar-refractivity contribution in [2.75, 3.05) is 25.5 Å². The van der Waals surface area contributed by atoms with Gasteiger partial charge in [-0.05, 0) is 24.6 Å². The molecular formula is C14H19N5O. The van der Waals surface area contributed by atoms with Crippen LogP contribution in [0.5, 0.6) is 5.88 Å². The van der Waals surface area contributed by atoms with Crippen LogP contribution in [-0.2, 0) is 6.54 Å². The largest absolute Gasteiger partial charge is 0.481 e. The molecule has 6 nitrogen and oxygen atoms in total. The number of nitrogens with one attached hydrogen (secondary N) is 2. The van der Waals surface area contributed by atoms with Gasteiger partial charge in [-0.3, -0.25) is 4.98 Å². The van der Waals surface area contributed by atoms with Crippen molar-refractivity contribution in [1.29, 1.82) is 0 Å². The molecule has 0 radical (unpaired) electrons. The van der Waals surface area contributed by atoms with Crippen LogP contribution < -0.4 is 15.4 Å². The highest BCUT2D eigenvalue weighted by atomic mass is 16.5. The van der Waals surface area contributed by atoms with Crippen LogP contribution in [0.2, 0.25) is 0 Å². The Hall–Kier alpha value is -2.21. The van der Waals surface area contributed by atoms with Crippen LogP contribution in [0.25, 0.3) is 0 Å². The van der Waals surface area contributed by atoms with E-state index in [0.717, 1.165) is 31.9 Å². The Morgan fingerprint density at radius 3 is 3.00 bits per heavy atom. The molecule has 0 bridgehead atoms. The fraction of sp³-hybridized carbons (Fsp3) is 0.357. The number of anilines is 1. The van der Waals surface area contributed by atoms with Gasteiger partial charge in [0.15, 0.2) is 0 Å². The Labute approximate surface area is 118 Å². The van der Waals surface area contributed by atoms with Crippen molar-refractivity contribution >= 4 is 5.82 Å². The van der Waals surface area contributed by atoms with E-state index < -0.39 is 0 Å². The SMILES string of the molecule is COc1cc(NCCCNCc2cccnc2)ncn1. The maximum atomic E-state index is 5.04. The van der Waals surface area contributed by atoms with Gasteiger partial charge in [0.1, 0.15) is 12.1 Å². The fourth-order valence-electron chi connectivity index (χ4n) is 1.71. The maximum absolute atomic E-state index is 5.04. The van der Waals surface area contributed by atoms with Crippen LogP contribution in [0.1, 0.15) is 12.0 Å². The summed E-state index contributed by atoms with van der Waals surface area (Å²) in [6, 6.07) is 5.79. The van der Waals surface area contributed by atoms with E-state index >= 15 is 0 Å². The topological polar surface area (TPSA) is 72.0 Å². The minimum atomic E-state index is 0.567. The fourth-order valence-corrected chi connectivity index (χ4v) is 1.71. The van der Waals surface area contributed by atoms with Gasteiger partial charge in [-0.15, -0.1) is 0 Å². The smallest absolute Gasteiger partial charge is 0.218 e. The van der Waals surface area contributed by atoms with E-state index in [1.165, 1.54) is 11.9 Å². The van der Waals surface area contributed by atoms with Gasteiger partial charge in [0.25, 0.3) is 0 Å². The second-order valence-corrected chi connectivity index (χ2v) is 4.26. The third-order valence-electron chi connectivity index (χ3n) is 2.74. The van der Waals surface area contributed by atoms with E-state index in [1.54, 1.807) is 19.4 Å². The molecule has 0 spiro atoms. The number of nitrogens with zero attached hydrogens (tertiary/aromatic N) is 3. The summed E-state index contributed by atoms with van der Waals surface area (Å²) in [7, 11) is 1.59. The Bertz CT molecular complexity index is 506. The van der Waals surface area contributed by atoms with Gasteiger partial charge in [-0.1, -0.05) is 6.07 Å². The Kier molecular flexibility index (Phi) is 5.72. The minimum Gasteiger partial charge on any atom is -0.481 e. The lowest BCUT2D eigenvalue weighted by molar-refractivity contribution is 0.397. The van der Waals surface area contributed by atoms with Gasteiger partial charge in [0, 0.05) is 31.5 Å². The highest BCUT2D eigenvalue weighted by Crippen LogP contribution is 2.09. The van der Waals surface area contributed by atoms with Gasteiger partial charge >= 0.3 is 0 Å². The minimum absolute atomic E-state index is 0.567. The molecule has 2 N–H and O–H groups in total. The lowest BCUT2D eigenvalue weighted by Crippen LogP contribution is -2.18. The van der Waals surface area contributed by atoms with Crippen molar-refractivity contribution in [2.45, 2.75) is 13.0 Å². The quantitative estimate of drug-likeness (QED) is 0.710. The van der Waals surface area contributed by atoms with Crippen molar-refractivity contribution < 1.29 is 4.74 Å². The van der Waals surface area contributed by atoms with E-state index in [4.69, 9.17) is 4.74 Å². The molecule has 106 valence electrons. The number of hydrogen-bond acceptors (Lipinski definition) is 6. The summed E-state index contributed by atoms with van der Waals surface area (Å²) in [6.45, 7) is 2.62. The molecular weight excluding hydrogens is 254 g/mol. The van der Waals surface area contributed by atoms with E-state index in [0.29, 0.717) is 5.88 Å². The number of aromatic nitrogens is 3. The van der Waals surface area contributed by atoms with Crippen molar-refractivity contribution in [3.8, 4) is 5.88 Å². The monoisotopic (exact) mass is 273 g/mol. The molecule has 0 aliphatic heterocycles. The molecule has 0 saturated heterocycles. The second-order valence-electron chi connectivity index (χ2n) is 4.26. The highest BCUT2D eigenvalue weighted by Gasteiger charge is 1.97. The van der Waals surface area contributed by atoms with E-state index in [-0.39, 0.29) is 0 Å². The zero-order chi connectivity index (χ0) is 14.0. The number of ether oxygens (including phenoxy) is 1. The number of rotatable bonds is 8. The first-order valence-electron chi connectivity index (χ1n) is 6.58. The van der Waals surface area contributed by atoms with Gasteiger partial charge < -0.3 is 15.4 Å². The van der Waals surface area contributed by atoms with Crippen LogP contribution in [-0.4, -0.2) is 35.2 Å². The van der Waals surface area contributed by atoms with E-state index in [2.05, 4.69) is 31.7 Å². The van der Waals surface area contributed by atoms with Crippen LogP contribution in [0, 0.1) is 0 Å². The molecule has 2 aromatic heterocycles. The molecule has 0 atom stereocenters. The summed E-state index contributed by atoms with van der Waals surface area (Å²) in [5, 5.41) is 6.61. The van der Waals surface area contributed by atoms with E-state index in [9.17, 15) is 0 Å². The lowest BCUT2D eigenvalue weighted by Gasteiger charge is -2.07. The third kappa shape index (κ3) is 4.81. The summed E-state index contributed by atoms with van der Waals surface area (Å²) in [5.41, 5.74) is 1.20. The second kappa shape index (κ2) is 8.06. The van der Waals surface area contributed by atoms with E-state index in [1.807, 2.05) is 12.3 Å². The zero-order valence-corrected chi connectivity index (χ0v) is 11.5. The van der Waals surface area contributed by atoms with Gasteiger partial charge in [0.05, 0.1) is 7.11 Å². The first kappa shape index (κ1) is 14.2. The highest BCUT2D eigenvalue weighted by molar-refractivity contribution is 5.36. The zero-order valence-electron chi connectivity index (χ0n) is 11.5. The number of hydrogen-bond donors (Lipinski definition) is 2. The van der Waals surface area contributed by atoms with Gasteiger partial charge in [-0.2, -0.15) is 0 Å². The third-order valence-corrected chi connectivity index (χ3v) is 2.74. The van der Waals surface area contributed by atoms with Crippen LogP contribution >= 0.6 is 0 Å². The average Bonchev–Trinajstić information content (AvgIpc) is 2.52. The number of methoxy groups -OCH3 is 1. The maximum Gasteiger partial charge on any atom is 0.218 e. The summed E-state index contributed by atoms with van der Waals surface area (Å²) in [4.78, 5) is 12.2. The predicted molar refractivity (Wildman–Crippen MR) is 77.6 cm³/mol. The Morgan fingerprint density at radius 1 is 1.25 bits per heavy atom. The lowest BCUT2D eigenvalue weighted by atomic mass is 10.3. The molecule has 0 saturated carbocycles. The molecule has 0 aromatic carbocycles. The average molecular weight is 273 g/mol. The standard InChI is InChI=1S/C14H19N5O/c1-20-14-8-13(18-11-19-14)17-7-3-6-16-10-12-4-2-5-15-9-12/h2,4-5,8-9,11,16H,3,6-7,10H2,1H3,(H,17,18,19). The van der Waals surface area contributed by atoms with Crippen molar-refractivity contribution in [3.05, 3.63) is 42.5 Å². The Morgan fingerprint density at radius 2 is 2.20 bits per heavy atom. The first-order chi connectivity index (χ1) is 9.88. The molecule has 2 aromatic rings. The summed E-state index contributed by atoms with van der Waals surface area (Å²) in [6.07, 6.45) is 6.15.